The summed E-state index contributed by atoms with van der Waals surface area (Å²) in [6.45, 7) is 8.11. The van der Waals surface area contributed by atoms with Crippen LogP contribution in [0.25, 0.3) is 11.3 Å². The normalized spacial score (nSPS) is 12.7. The number of methoxy groups -OCH3 is 1. The lowest BCUT2D eigenvalue weighted by molar-refractivity contribution is -0.122. The minimum atomic E-state index is -0.518. The van der Waals surface area contributed by atoms with Gasteiger partial charge in [-0.3, -0.25) is 4.79 Å². The standard InChI is InChI=1S/C17H24N4O2/c1-10(2)12-6-7-15(23-5)13(8-12)14-9-21(20-19-14)16(11(3)4)17(18)22/h6-11,16H,1-5H3,(H2,18,22)/t16-/m0/s1. The van der Waals surface area contributed by atoms with Crippen molar-refractivity contribution in [2.24, 2.45) is 11.7 Å². The van der Waals surface area contributed by atoms with Crippen molar-refractivity contribution in [1.29, 1.82) is 0 Å². The Bertz CT molecular complexity index is 692. The highest BCUT2D eigenvalue weighted by molar-refractivity contribution is 5.78. The molecule has 0 saturated carbocycles. The summed E-state index contributed by atoms with van der Waals surface area (Å²) in [4.78, 5) is 11.7. The van der Waals surface area contributed by atoms with Gasteiger partial charge in [-0.25, -0.2) is 4.68 Å². The van der Waals surface area contributed by atoms with E-state index < -0.39 is 11.9 Å². The van der Waals surface area contributed by atoms with Crippen LogP contribution in [0.15, 0.2) is 24.4 Å². The van der Waals surface area contributed by atoms with Crippen molar-refractivity contribution in [3.8, 4) is 17.0 Å². The molecule has 0 unspecified atom stereocenters. The summed E-state index contributed by atoms with van der Waals surface area (Å²) < 4.78 is 6.96. The predicted octanol–water partition coefficient (Wildman–Crippen LogP) is 2.76. The van der Waals surface area contributed by atoms with Crippen LogP contribution in [0.5, 0.6) is 5.75 Å². The first-order valence-electron chi connectivity index (χ1n) is 7.74. The number of primary amides is 1. The van der Waals surface area contributed by atoms with E-state index in [9.17, 15) is 4.79 Å². The van der Waals surface area contributed by atoms with Gasteiger partial charge in [-0.15, -0.1) is 5.10 Å². The molecule has 2 N–H and O–H groups in total. The number of hydrogen-bond acceptors (Lipinski definition) is 4. The Morgan fingerprint density at radius 2 is 1.96 bits per heavy atom. The zero-order valence-electron chi connectivity index (χ0n) is 14.3. The second kappa shape index (κ2) is 6.81. The highest BCUT2D eigenvalue weighted by Gasteiger charge is 2.24. The minimum Gasteiger partial charge on any atom is -0.496 e. The lowest BCUT2D eigenvalue weighted by Gasteiger charge is -2.16. The van der Waals surface area contributed by atoms with Gasteiger partial charge in [0.05, 0.1) is 13.3 Å². The molecule has 0 spiro atoms. The molecule has 23 heavy (non-hydrogen) atoms. The molecule has 6 heteroatoms. The maximum absolute atomic E-state index is 11.7. The fourth-order valence-electron chi connectivity index (χ4n) is 2.59. The van der Waals surface area contributed by atoms with Crippen LogP contribution in [0.4, 0.5) is 0 Å². The molecule has 2 rings (SSSR count). The number of hydrogen-bond donors (Lipinski definition) is 1. The van der Waals surface area contributed by atoms with E-state index in [2.05, 4.69) is 24.2 Å². The maximum Gasteiger partial charge on any atom is 0.242 e. The number of nitrogens with zero attached hydrogens (tertiary/aromatic N) is 3. The molecule has 6 nitrogen and oxygen atoms in total. The Hall–Kier alpha value is -2.37. The summed E-state index contributed by atoms with van der Waals surface area (Å²) in [6.07, 6.45) is 1.75. The molecule has 1 aromatic carbocycles. The fourth-order valence-corrected chi connectivity index (χ4v) is 2.59. The molecule has 0 saturated heterocycles. The molecular weight excluding hydrogens is 292 g/mol. The maximum atomic E-state index is 11.7. The summed E-state index contributed by atoms with van der Waals surface area (Å²) in [5, 5.41) is 8.30. The fraction of sp³-hybridized carbons (Fsp3) is 0.471. The molecule has 2 aromatic rings. The third-order valence-corrected chi connectivity index (χ3v) is 3.88. The van der Waals surface area contributed by atoms with Crippen LogP contribution in [0.3, 0.4) is 0 Å². The third-order valence-electron chi connectivity index (χ3n) is 3.88. The van der Waals surface area contributed by atoms with E-state index in [4.69, 9.17) is 10.5 Å². The Balaban J connectivity index is 2.47. The summed E-state index contributed by atoms with van der Waals surface area (Å²) in [7, 11) is 1.62. The van der Waals surface area contributed by atoms with Crippen LogP contribution in [-0.4, -0.2) is 28.0 Å². The van der Waals surface area contributed by atoms with Crippen LogP contribution in [0, 0.1) is 5.92 Å². The first-order chi connectivity index (χ1) is 10.8. The second-order valence-electron chi connectivity index (χ2n) is 6.29. The summed E-state index contributed by atoms with van der Waals surface area (Å²) in [5.41, 5.74) is 8.19. The molecule has 1 aromatic heterocycles. The van der Waals surface area contributed by atoms with E-state index in [-0.39, 0.29) is 5.92 Å². The molecule has 124 valence electrons. The van der Waals surface area contributed by atoms with Crippen molar-refractivity contribution in [2.75, 3.05) is 7.11 Å². The van der Waals surface area contributed by atoms with Gasteiger partial charge in [0, 0.05) is 5.56 Å². The third kappa shape index (κ3) is 3.52. The largest absolute Gasteiger partial charge is 0.496 e. The van der Waals surface area contributed by atoms with Gasteiger partial charge in [-0.1, -0.05) is 39.0 Å². The van der Waals surface area contributed by atoms with Crippen molar-refractivity contribution < 1.29 is 9.53 Å². The number of amides is 1. The van der Waals surface area contributed by atoms with Gasteiger partial charge in [0.15, 0.2) is 0 Å². The summed E-state index contributed by atoms with van der Waals surface area (Å²) in [5.74, 6) is 0.732. The van der Waals surface area contributed by atoms with Crippen molar-refractivity contribution in [2.45, 2.75) is 39.7 Å². The molecule has 1 atom stereocenters. The van der Waals surface area contributed by atoms with Crippen molar-refractivity contribution >= 4 is 5.91 Å². The number of ether oxygens (including phenoxy) is 1. The molecule has 0 aliphatic heterocycles. The van der Waals surface area contributed by atoms with Crippen molar-refractivity contribution in [1.82, 2.24) is 15.0 Å². The molecule has 0 aliphatic carbocycles. The Morgan fingerprint density at radius 3 is 2.48 bits per heavy atom. The lowest BCUT2D eigenvalue weighted by atomic mass is 9.99. The number of carbonyl (C=O) groups excluding carboxylic acids is 1. The molecule has 0 bridgehead atoms. The van der Waals surface area contributed by atoms with E-state index in [1.807, 2.05) is 32.0 Å². The highest BCUT2D eigenvalue weighted by Crippen LogP contribution is 2.32. The Morgan fingerprint density at radius 1 is 1.26 bits per heavy atom. The van der Waals surface area contributed by atoms with Gasteiger partial charge in [-0.2, -0.15) is 0 Å². The van der Waals surface area contributed by atoms with Gasteiger partial charge in [0.25, 0.3) is 0 Å². The quantitative estimate of drug-likeness (QED) is 0.888. The number of aromatic nitrogens is 3. The molecular formula is C17H24N4O2. The molecule has 1 heterocycles. The van der Waals surface area contributed by atoms with Crippen LogP contribution in [0.1, 0.15) is 45.2 Å². The second-order valence-corrected chi connectivity index (χ2v) is 6.29. The van der Waals surface area contributed by atoms with Gasteiger partial charge in [0.1, 0.15) is 17.5 Å². The zero-order chi connectivity index (χ0) is 17.1. The number of carbonyl (C=O) groups is 1. The van der Waals surface area contributed by atoms with Crippen LogP contribution >= 0.6 is 0 Å². The smallest absolute Gasteiger partial charge is 0.242 e. The molecule has 0 fully saturated rings. The number of benzene rings is 1. The van der Waals surface area contributed by atoms with E-state index >= 15 is 0 Å². The van der Waals surface area contributed by atoms with Crippen molar-refractivity contribution in [3.63, 3.8) is 0 Å². The van der Waals surface area contributed by atoms with Crippen molar-refractivity contribution in [3.05, 3.63) is 30.0 Å². The number of rotatable bonds is 6. The predicted molar refractivity (Wildman–Crippen MR) is 89.2 cm³/mol. The molecule has 0 aliphatic rings. The van der Waals surface area contributed by atoms with E-state index in [0.29, 0.717) is 11.6 Å². The average molecular weight is 316 g/mol. The Kier molecular flexibility index (Phi) is 5.03. The van der Waals surface area contributed by atoms with Crippen LogP contribution in [-0.2, 0) is 4.79 Å². The topological polar surface area (TPSA) is 83.0 Å². The highest BCUT2D eigenvalue weighted by atomic mass is 16.5. The summed E-state index contributed by atoms with van der Waals surface area (Å²) in [6, 6.07) is 5.50. The molecule has 1 amide bonds. The van der Waals surface area contributed by atoms with Gasteiger partial charge >= 0.3 is 0 Å². The number of nitrogens with two attached hydrogens (primary N) is 1. The molecule has 0 radical (unpaired) electrons. The lowest BCUT2D eigenvalue weighted by Crippen LogP contribution is -2.30. The SMILES string of the molecule is COc1ccc(C(C)C)cc1-c1cn([C@H](C(N)=O)C(C)C)nn1. The van der Waals surface area contributed by atoms with Gasteiger partial charge in [-0.05, 0) is 29.5 Å². The first kappa shape index (κ1) is 17.0. The van der Waals surface area contributed by atoms with E-state index in [1.54, 1.807) is 13.3 Å². The van der Waals surface area contributed by atoms with Crippen LogP contribution in [0.2, 0.25) is 0 Å². The average Bonchev–Trinajstić information content (AvgIpc) is 2.94. The monoisotopic (exact) mass is 316 g/mol. The Labute approximate surface area is 136 Å². The van der Waals surface area contributed by atoms with Crippen LogP contribution < -0.4 is 10.5 Å². The zero-order valence-corrected chi connectivity index (χ0v) is 14.3. The van der Waals surface area contributed by atoms with Gasteiger partial charge in [0.2, 0.25) is 5.91 Å². The van der Waals surface area contributed by atoms with Gasteiger partial charge < -0.3 is 10.5 Å². The van der Waals surface area contributed by atoms with E-state index in [1.165, 1.54) is 10.2 Å². The van der Waals surface area contributed by atoms with E-state index in [0.717, 1.165) is 11.3 Å². The minimum absolute atomic E-state index is 0.0333. The first-order valence-corrected chi connectivity index (χ1v) is 7.74. The summed E-state index contributed by atoms with van der Waals surface area (Å²) >= 11 is 0.